The van der Waals surface area contributed by atoms with Crippen LogP contribution in [-0.4, -0.2) is 16.1 Å². The molecule has 0 saturated heterocycles. The van der Waals surface area contributed by atoms with Gasteiger partial charge in [0.15, 0.2) is 0 Å². The third-order valence-corrected chi connectivity index (χ3v) is 4.10. The molecule has 0 radical (unpaired) electrons. The summed E-state index contributed by atoms with van der Waals surface area (Å²) in [6.45, 7) is 0. The number of carboxylic acid groups (broad SMARTS) is 1. The molecule has 0 aliphatic carbocycles. The fourth-order valence-corrected chi connectivity index (χ4v) is 3.09. The third-order valence-electron chi connectivity index (χ3n) is 2.18. The monoisotopic (exact) mass is 276 g/mol. The van der Waals surface area contributed by atoms with Gasteiger partial charge in [-0.3, -0.25) is 0 Å². The molecule has 0 bridgehead atoms. The molecule has 0 fully saturated rings. The molecule has 0 aliphatic rings. The highest BCUT2D eigenvalue weighted by Crippen LogP contribution is 2.26. The van der Waals surface area contributed by atoms with Crippen LogP contribution in [0.25, 0.3) is 0 Å². The summed E-state index contributed by atoms with van der Waals surface area (Å²) >= 11 is 2.64. The number of thiophene rings is 1. The van der Waals surface area contributed by atoms with Gasteiger partial charge in [0, 0.05) is 11.9 Å². The number of hydrogen-bond donors (Lipinski definition) is 1. The molecule has 0 atom stereocenters. The van der Waals surface area contributed by atoms with Gasteiger partial charge in [0.05, 0.1) is 16.7 Å². The number of carboxylic acids is 1. The van der Waals surface area contributed by atoms with Gasteiger partial charge in [-0.2, -0.15) is 5.26 Å². The van der Waals surface area contributed by atoms with Gasteiger partial charge in [-0.15, -0.1) is 23.1 Å². The molecular weight excluding hydrogens is 268 g/mol. The largest absolute Gasteiger partial charge is 0.477 e. The molecule has 0 amide bonds. The van der Waals surface area contributed by atoms with Crippen molar-refractivity contribution in [2.45, 2.75) is 10.8 Å². The van der Waals surface area contributed by atoms with E-state index in [4.69, 9.17) is 10.4 Å². The molecule has 1 N–H and O–H groups in total. The maximum Gasteiger partial charge on any atom is 0.346 e. The fourth-order valence-electron chi connectivity index (χ4n) is 1.35. The zero-order valence-corrected chi connectivity index (χ0v) is 10.8. The van der Waals surface area contributed by atoms with Crippen molar-refractivity contribution in [1.82, 2.24) is 4.98 Å². The zero-order valence-electron chi connectivity index (χ0n) is 9.16. The summed E-state index contributed by atoms with van der Waals surface area (Å²) < 4.78 is 0. The summed E-state index contributed by atoms with van der Waals surface area (Å²) in [5.74, 6) is -0.369. The third kappa shape index (κ3) is 2.88. The summed E-state index contributed by atoms with van der Waals surface area (Å²) in [5, 5.41) is 20.2. The average Bonchev–Trinajstić information content (AvgIpc) is 2.85. The summed E-state index contributed by atoms with van der Waals surface area (Å²) in [6, 6.07) is 7.17. The van der Waals surface area contributed by atoms with E-state index in [0.717, 1.165) is 10.6 Å². The first-order valence-corrected chi connectivity index (χ1v) is 6.86. The molecule has 0 saturated carbocycles. The van der Waals surface area contributed by atoms with Crippen molar-refractivity contribution in [3.8, 4) is 6.07 Å². The van der Waals surface area contributed by atoms with Crippen LogP contribution in [0, 0.1) is 11.3 Å². The van der Waals surface area contributed by atoms with Gasteiger partial charge in [0.1, 0.15) is 4.88 Å². The van der Waals surface area contributed by atoms with Crippen molar-refractivity contribution in [3.05, 3.63) is 45.8 Å². The van der Waals surface area contributed by atoms with Crippen molar-refractivity contribution in [2.75, 3.05) is 0 Å². The van der Waals surface area contributed by atoms with Crippen LogP contribution < -0.4 is 0 Å². The van der Waals surface area contributed by atoms with Gasteiger partial charge in [-0.05, 0) is 29.1 Å². The predicted octanol–water partition coefficient (Wildman–Crippen LogP) is 3.01. The molecule has 0 spiro atoms. The van der Waals surface area contributed by atoms with Crippen LogP contribution in [0.5, 0.6) is 0 Å². The lowest BCUT2D eigenvalue weighted by Crippen LogP contribution is -1.96. The highest BCUT2D eigenvalue weighted by Gasteiger charge is 2.11. The summed E-state index contributed by atoms with van der Waals surface area (Å²) in [7, 11) is 0. The van der Waals surface area contributed by atoms with E-state index in [1.165, 1.54) is 23.1 Å². The molecule has 2 aromatic rings. The van der Waals surface area contributed by atoms with Gasteiger partial charge in [0.25, 0.3) is 0 Å². The molecule has 2 rings (SSSR count). The molecule has 0 aromatic carbocycles. The van der Waals surface area contributed by atoms with E-state index in [-0.39, 0.29) is 0 Å². The van der Waals surface area contributed by atoms with E-state index >= 15 is 0 Å². The van der Waals surface area contributed by atoms with Crippen LogP contribution in [0.4, 0.5) is 0 Å². The van der Waals surface area contributed by atoms with Crippen LogP contribution in [0.3, 0.4) is 0 Å². The van der Waals surface area contributed by atoms with Crippen molar-refractivity contribution < 1.29 is 9.90 Å². The number of thioether (sulfide) groups is 1. The molecule has 0 aliphatic heterocycles. The van der Waals surface area contributed by atoms with Crippen LogP contribution in [0.2, 0.25) is 0 Å². The summed E-state index contributed by atoms with van der Waals surface area (Å²) in [5.41, 5.74) is 1.33. The zero-order chi connectivity index (χ0) is 13.0. The average molecular weight is 276 g/mol. The lowest BCUT2D eigenvalue weighted by Gasteiger charge is -2.01. The molecule has 6 heteroatoms. The first-order chi connectivity index (χ1) is 8.70. The molecule has 2 heterocycles. The van der Waals surface area contributed by atoms with E-state index in [1.54, 1.807) is 29.8 Å². The van der Waals surface area contributed by atoms with E-state index in [9.17, 15) is 4.79 Å². The van der Waals surface area contributed by atoms with Crippen LogP contribution in [0.15, 0.2) is 34.8 Å². The number of aromatic nitrogens is 1. The predicted molar refractivity (Wildman–Crippen MR) is 69.8 cm³/mol. The lowest BCUT2D eigenvalue weighted by atomic mass is 10.3. The Hall–Kier alpha value is -1.84. The van der Waals surface area contributed by atoms with Crippen LogP contribution in [-0.2, 0) is 5.75 Å². The normalized spacial score (nSPS) is 9.94. The van der Waals surface area contributed by atoms with E-state index in [2.05, 4.69) is 4.98 Å². The number of rotatable bonds is 4. The quantitative estimate of drug-likeness (QED) is 0.869. The number of aromatic carboxylic acids is 1. The number of nitrogens with zero attached hydrogens (tertiary/aromatic N) is 2. The minimum Gasteiger partial charge on any atom is -0.477 e. The highest BCUT2D eigenvalue weighted by atomic mass is 32.2. The van der Waals surface area contributed by atoms with Crippen molar-refractivity contribution >= 4 is 29.1 Å². The maximum atomic E-state index is 10.9. The van der Waals surface area contributed by atoms with Crippen LogP contribution in [0.1, 0.15) is 20.8 Å². The molecule has 0 unspecified atom stereocenters. The second-order valence-electron chi connectivity index (χ2n) is 3.36. The topological polar surface area (TPSA) is 74.0 Å². The Labute approximate surface area is 112 Å². The maximum absolute atomic E-state index is 10.9. The van der Waals surface area contributed by atoms with Crippen LogP contribution >= 0.6 is 23.1 Å². The summed E-state index contributed by atoms with van der Waals surface area (Å²) in [4.78, 5) is 15.4. The van der Waals surface area contributed by atoms with Gasteiger partial charge in [0.2, 0.25) is 0 Å². The molecular formula is C12H8N2O2S2. The Kier molecular flexibility index (Phi) is 3.97. The number of pyridine rings is 1. The van der Waals surface area contributed by atoms with Crippen molar-refractivity contribution in [2.24, 2.45) is 0 Å². The minimum atomic E-state index is -0.903. The Balaban J connectivity index is 2.09. The lowest BCUT2D eigenvalue weighted by molar-refractivity contribution is 0.0701. The molecule has 2 aromatic heterocycles. The Bertz CT molecular complexity index is 617. The Morgan fingerprint density at radius 3 is 3.11 bits per heavy atom. The Morgan fingerprint density at radius 1 is 1.56 bits per heavy atom. The molecule has 4 nitrogen and oxygen atoms in total. The second-order valence-corrected chi connectivity index (χ2v) is 5.28. The number of carbonyl (C=O) groups is 1. The van der Waals surface area contributed by atoms with Gasteiger partial charge in [-0.25, -0.2) is 9.78 Å². The van der Waals surface area contributed by atoms with Gasteiger partial charge >= 0.3 is 5.97 Å². The van der Waals surface area contributed by atoms with Gasteiger partial charge < -0.3 is 5.11 Å². The molecule has 90 valence electrons. The first kappa shape index (κ1) is 12.6. The van der Waals surface area contributed by atoms with Crippen molar-refractivity contribution in [3.63, 3.8) is 0 Å². The second kappa shape index (κ2) is 5.67. The number of nitriles is 1. The van der Waals surface area contributed by atoms with E-state index in [1.807, 2.05) is 6.07 Å². The SMILES string of the molecule is N#Cc1ccnc(SCc2ccsc2C(=O)O)c1. The standard InChI is InChI=1S/C12H8N2O2S2/c13-6-8-1-3-14-10(5-8)18-7-9-2-4-17-11(9)12(15)16/h1-5H,7H2,(H,15,16). The first-order valence-electron chi connectivity index (χ1n) is 4.99. The van der Waals surface area contributed by atoms with Crippen molar-refractivity contribution in [1.29, 1.82) is 5.26 Å². The van der Waals surface area contributed by atoms with Gasteiger partial charge in [-0.1, -0.05) is 0 Å². The molecule has 18 heavy (non-hydrogen) atoms. The summed E-state index contributed by atoms with van der Waals surface area (Å²) in [6.07, 6.45) is 1.58. The Morgan fingerprint density at radius 2 is 2.39 bits per heavy atom. The smallest absolute Gasteiger partial charge is 0.346 e. The highest BCUT2D eigenvalue weighted by molar-refractivity contribution is 7.98. The minimum absolute atomic E-state index is 0.360. The number of hydrogen-bond acceptors (Lipinski definition) is 5. The van der Waals surface area contributed by atoms with E-state index < -0.39 is 5.97 Å². The van der Waals surface area contributed by atoms with E-state index in [0.29, 0.717) is 16.2 Å². The fraction of sp³-hybridized carbons (Fsp3) is 0.0833.